The standard InChI is InChI=1S/C16H22ClNO3/c17-15-4-2-1-3-13(15)5-6-16(20)18-9-7-14(8-10-18)21-12-11-19/h1-4,14,19H,5-12H2. The topological polar surface area (TPSA) is 49.8 Å². The lowest BCUT2D eigenvalue weighted by molar-refractivity contribution is -0.133. The van der Waals surface area contributed by atoms with Crippen molar-refractivity contribution in [3.8, 4) is 0 Å². The molecule has 1 amide bonds. The number of aliphatic hydroxyl groups is 1. The molecule has 1 N–H and O–H groups in total. The predicted molar refractivity (Wildman–Crippen MR) is 82.4 cm³/mol. The number of halogens is 1. The molecule has 2 rings (SSSR count). The van der Waals surface area contributed by atoms with E-state index in [1.165, 1.54) is 0 Å². The van der Waals surface area contributed by atoms with Crippen molar-refractivity contribution in [3.05, 3.63) is 34.9 Å². The number of piperidine rings is 1. The minimum Gasteiger partial charge on any atom is -0.394 e. The van der Waals surface area contributed by atoms with Crippen molar-refractivity contribution >= 4 is 17.5 Å². The summed E-state index contributed by atoms with van der Waals surface area (Å²) in [5.41, 5.74) is 1.02. The second-order valence-corrected chi connectivity index (χ2v) is 5.67. The average Bonchev–Trinajstić information content (AvgIpc) is 2.52. The number of aryl methyl sites for hydroxylation is 1. The first kappa shape index (κ1) is 16.3. The highest BCUT2D eigenvalue weighted by atomic mass is 35.5. The van der Waals surface area contributed by atoms with E-state index in [9.17, 15) is 4.79 Å². The molecule has 1 aromatic carbocycles. The van der Waals surface area contributed by atoms with Crippen molar-refractivity contribution in [2.24, 2.45) is 0 Å². The molecule has 1 aliphatic rings. The van der Waals surface area contributed by atoms with E-state index >= 15 is 0 Å². The Morgan fingerprint density at radius 3 is 2.71 bits per heavy atom. The highest BCUT2D eigenvalue weighted by Gasteiger charge is 2.22. The van der Waals surface area contributed by atoms with E-state index in [1.54, 1.807) is 0 Å². The highest BCUT2D eigenvalue weighted by Crippen LogP contribution is 2.18. The summed E-state index contributed by atoms with van der Waals surface area (Å²) < 4.78 is 5.50. The number of amides is 1. The Labute approximate surface area is 130 Å². The van der Waals surface area contributed by atoms with E-state index in [-0.39, 0.29) is 18.6 Å². The van der Waals surface area contributed by atoms with Crippen LogP contribution in [-0.4, -0.2) is 48.3 Å². The van der Waals surface area contributed by atoms with Gasteiger partial charge >= 0.3 is 0 Å². The number of likely N-dealkylation sites (tertiary alicyclic amines) is 1. The fourth-order valence-corrected chi connectivity index (χ4v) is 2.82. The Morgan fingerprint density at radius 2 is 2.05 bits per heavy atom. The van der Waals surface area contributed by atoms with E-state index in [4.69, 9.17) is 21.4 Å². The molecule has 0 bridgehead atoms. The molecule has 0 atom stereocenters. The number of rotatable bonds is 6. The first-order valence-corrected chi connectivity index (χ1v) is 7.82. The van der Waals surface area contributed by atoms with Gasteiger partial charge in [-0.1, -0.05) is 29.8 Å². The van der Waals surface area contributed by atoms with Crippen molar-refractivity contribution < 1.29 is 14.6 Å². The summed E-state index contributed by atoms with van der Waals surface area (Å²) in [6, 6.07) is 7.65. The molecule has 0 radical (unpaired) electrons. The SMILES string of the molecule is O=C(CCc1ccccc1Cl)N1CCC(OCCO)CC1. The van der Waals surface area contributed by atoms with Crippen LogP contribution in [0.3, 0.4) is 0 Å². The van der Waals surface area contributed by atoms with E-state index in [1.807, 2.05) is 29.2 Å². The molecule has 0 aromatic heterocycles. The molecule has 0 saturated carbocycles. The Kier molecular flexibility index (Phi) is 6.49. The number of aliphatic hydroxyl groups excluding tert-OH is 1. The van der Waals surface area contributed by atoms with Crippen LogP contribution in [0.4, 0.5) is 0 Å². The predicted octanol–water partition coefficient (Wildman–Crippen LogP) is 2.27. The summed E-state index contributed by atoms with van der Waals surface area (Å²) >= 11 is 6.10. The Balaban J connectivity index is 1.74. The number of carbonyl (C=O) groups is 1. The van der Waals surface area contributed by atoms with E-state index in [0.29, 0.717) is 19.4 Å². The van der Waals surface area contributed by atoms with Gasteiger partial charge in [0.05, 0.1) is 19.3 Å². The minimum atomic E-state index is 0.0526. The second kappa shape index (κ2) is 8.37. The lowest BCUT2D eigenvalue weighted by Gasteiger charge is -2.32. The number of carbonyl (C=O) groups excluding carboxylic acids is 1. The second-order valence-electron chi connectivity index (χ2n) is 5.27. The first-order chi connectivity index (χ1) is 10.2. The van der Waals surface area contributed by atoms with Crippen LogP contribution >= 0.6 is 11.6 Å². The Hall–Kier alpha value is -1.10. The zero-order valence-electron chi connectivity index (χ0n) is 12.1. The summed E-state index contributed by atoms with van der Waals surface area (Å²) in [5, 5.41) is 9.46. The molecule has 1 aromatic rings. The normalized spacial score (nSPS) is 16.2. The largest absolute Gasteiger partial charge is 0.394 e. The van der Waals surface area contributed by atoms with Crippen LogP contribution in [0.2, 0.25) is 5.02 Å². The van der Waals surface area contributed by atoms with Gasteiger partial charge in [0, 0.05) is 24.5 Å². The quantitative estimate of drug-likeness (QED) is 0.877. The van der Waals surface area contributed by atoms with Gasteiger partial charge in [-0.15, -0.1) is 0 Å². The summed E-state index contributed by atoms with van der Waals surface area (Å²) in [5.74, 6) is 0.176. The van der Waals surface area contributed by atoms with Gasteiger partial charge in [0.2, 0.25) is 5.91 Å². The van der Waals surface area contributed by atoms with Crippen molar-refractivity contribution in [3.63, 3.8) is 0 Å². The summed E-state index contributed by atoms with van der Waals surface area (Å²) in [6.07, 6.45) is 3.03. The van der Waals surface area contributed by atoms with Gasteiger partial charge in [-0.3, -0.25) is 4.79 Å². The Bertz CT molecular complexity index is 459. The number of benzene rings is 1. The molecule has 0 aliphatic carbocycles. The van der Waals surface area contributed by atoms with Gasteiger partial charge in [0.25, 0.3) is 0 Å². The molecular formula is C16H22ClNO3. The van der Waals surface area contributed by atoms with Crippen LogP contribution in [0, 0.1) is 0 Å². The van der Waals surface area contributed by atoms with Crippen LogP contribution in [0.5, 0.6) is 0 Å². The fourth-order valence-electron chi connectivity index (χ4n) is 2.59. The monoisotopic (exact) mass is 311 g/mol. The molecule has 4 nitrogen and oxygen atoms in total. The van der Waals surface area contributed by atoms with E-state index in [2.05, 4.69) is 0 Å². The van der Waals surface area contributed by atoms with Crippen molar-refractivity contribution in [1.82, 2.24) is 4.90 Å². The van der Waals surface area contributed by atoms with Crippen molar-refractivity contribution in [2.45, 2.75) is 31.8 Å². The van der Waals surface area contributed by atoms with Crippen molar-refractivity contribution in [2.75, 3.05) is 26.3 Å². The Morgan fingerprint density at radius 1 is 1.33 bits per heavy atom. The minimum absolute atomic E-state index is 0.0526. The average molecular weight is 312 g/mol. The molecule has 1 aliphatic heterocycles. The third-order valence-corrected chi connectivity index (χ3v) is 4.17. The number of nitrogens with zero attached hydrogens (tertiary/aromatic N) is 1. The van der Waals surface area contributed by atoms with Gasteiger partial charge in [-0.05, 0) is 30.9 Å². The molecule has 1 fully saturated rings. The molecule has 21 heavy (non-hydrogen) atoms. The highest BCUT2D eigenvalue weighted by molar-refractivity contribution is 6.31. The molecular weight excluding hydrogens is 290 g/mol. The molecule has 5 heteroatoms. The lowest BCUT2D eigenvalue weighted by Crippen LogP contribution is -2.41. The molecule has 0 unspecified atom stereocenters. The molecule has 1 saturated heterocycles. The first-order valence-electron chi connectivity index (χ1n) is 7.44. The van der Waals surface area contributed by atoms with Gasteiger partial charge in [-0.25, -0.2) is 0 Å². The van der Waals surface area contributed by atoms with E-state index in [0.717, 1.165) is 36.5 Å². The smallest absolute Gasteiger partial charge is 0.222 e. The number of ether oxygens (including phenoxy) is 1. The number of hydrogen-bond acceptors (Lipinski definition) is 3. The van der Waals surface area contributed by atoms with E-state index < -0.39 is 0 Å². The zero-order chi connectivity index (χ0) is 15.1. The lowest BCUT2D eigenvalue weighted by atomic mass is 10.1. The fraction of sp³-hybridized carbons (Fsp3) is 0.562. The summed E-state index contributed by atoms with van der Waals surface area (Å²) in [4.78, 5) is 14.1. The van der Waals surface area contributed by atoms with Crippen molar-refractivity contribution in [1.29, 1.82) is 0 Å². The maximum Gasteiger partial charge on any atom is 0.222 e. The summed E-state index contributed by atoms with van der Waals surface area (Å²) in [7, 11) is 0. The zero-order valence-corrected chi connectivity index (χ0v) is 12.9. The van der Waals surface area contributed by atoms with Gasteiger partial charge in [-0.2, -0.15) is 0 Å². The van der Waals surface area contributed by atoms with Crippen LogP contribution in [0.1, 0.15) is 24.8 Å². The molecule has 116 valence electrons. The molecule has 1 heterocycles. The van der Waals surface area contributed by atoms with Gasteiger partial charge < -0.3 is 14.7 Å². The van der Waals surface area contributed by atoms with Crippen LogP contribution in [-0.2, 0) is 16.0 Å². The van der Waals surface area contributed by atoms with Crippen LogP contribution in [0.15, 0.2) is 24.3 Å². The third-order valence-electron chi connectivity index (χ3n) is 3.81. The van der Waals surface area contributed by atoms with Crippen LogP contribution < -0.4 is 0 Å². The summed E-state index contributed by atoms with van der Waals surface area (Å²) in [6.45, 7) is 1.90. The molecule has 0 spiro atoms. The van der Waals surface area contributed by atoms with Gasteiger partial charge in [0.1, 0.15) is 0 Å². The van der Waals surface area contributed by atoms with Gasteiger partial charge in [0.15, 0.2) is 0 Å². The van der Waals surface area contributed by atoms with Crippen LogP contribution in [0.25, 0.3) is 0 Å². The number of hydrogen-bond donors (Lipinski definition) is 1. The third kappa shape index (κ3) is 4.99. The maximum atomic E-state index is 12.2. The maximum absolute atomic E-state index is 12.2.